The van der Waals surface area contributed by atoms with E-state index in [9.17, 15) is 4.79 Å². The first-order valence-electron chi connectivity index (χ1n) is 12.3. The third-order valence-electron chi connectivity index (χ3n) is 6.97. The molecule has 1 amide bonds. The number of aromatic nitrogens is 1. The molecule has 2 aliphatic rings. The van der Waals surface area contributed by atoms with Crippen LogP contribution in [0.3, 0.4) is 0 Å². The van der Waals surface area contributed by atoms with Gasteiger partial charge in [-0.1, -0.05) is 48.7 Å². The molecule has 1 saturated heterocycles. The number of hydrogen-bond acceptors (Lipinski definition) is 2. The number of hydrogen-bond donors (Lipinski definition) is 1. The highest BCUT2D eigenvalue weighted by Crippen LogP contribution is 2.33. The van der Waals surface area contributed by atoms with Crippen molar-refractivity contribution in [2.45, 2.75) is 84.1 Å². The number of ether oxygens (including phenoxy) is 1. The number of nitrogens with one attached hydrogen (secondary N) is 1. The van der Waals surface area contributed by atoms with Crippen LogP contribution in [0.4, 0.5) is 0 Å². The van der Waals surface area contributed by atoms with Crippen LogP contribution in [0.2, 0.25) is 0 Å². The molecule has 2 aromatic rings. The fourth-order valence-corrected chi connectivity index (χ4v) is 5.31. The second kappa shape index (κ2) is 10.2. The van der Waals surface area contributed by atoms with Gasteiger partial charge in [0.25, 0.3) is 5.91 Å². The summed E-state index contributed by atoms with van der Waals surface area (Å²) in [5.41, 5.74) is 6.82. The third-order valence-corrected chi connectivity index (χ3v) is 7.43. The van der Waals surface area contributed by atoms with Crippen LogP contribution in [-0.4, -0.2) is 29.7 Å². The maximum atomic E-state index is 13.3. The number of nitrogens with zero attached hydrogens (tertiary/aromatic N) is 1. The largest absolute Gasteiger partial charge is 0.381 e. The minimum absolute atomic E-state index is 0.0208. The van der Waals surface area contributed by atoms with Gasteiger partial charge in [0.1, 0.15) is 0 Å². The van der Waals surface area contributed by atoms with E-state index in [1.54, 1.807) is 0 Å². The number of carbonyl (C=O) groups excluding carboxylic acids is 1. The van der Waals surface area contributed by atoms with E-state index in [0.29, 0.717) is 0 Å². The third kappa shape index (κ3) is 5.81. The summed E-state index contributed by atoms with van der Waals surface area (Å²) in [5, 5.41) is 3.26. The van der Waals surface area contributed by atoms with E-state index in [1.807, 2.05) is 6.20 Å². The Kier molecular flexibility index (Phi) is 7.49. The van der Waals surface area contributed by atoms with Gasteiger partial charge < -0.3 is 14.6 Å². The predicted octanol–water partition coefficient (Wildman–Crippen LogP) is 7.10. The normalized spacial score (nSPS) is 17.8. The van der Waals surface area contributed by atoms with Gasteiger partial charge in [0, 0.05) is 41.3 Å². The summed E-state index contributed by atoms with van der Waals surface area (Å²) < 4.78 is 8.73. The van der Waals surface area contributed by atoms with Crippen molar-refractivity contribution in [3.63, 3.8) is 0 Å². The number of benzene rings is 1. The average molecular weight is 514 g/mol. The molecule has 1 saturated carbocycles. The fraction of sp³-hybridized carbons (Fsp3) is 0.536. The highest BCUT2D eigenvalue weighted by atomic mass is 79.9. The van der Waals surface area contributed by atoms with Gasteiger partial charge in [-0.25, -0.2) is 0 Å². The van der Waals surface area contributed by atoms with Crippen molar-refractivity contribution in [1.29, 1.82) is 0 Å². The lowest BCUT2D eigenvalue weighted by molar-refractivity contribution is 0.0696. The zero-order valence-electron chi connectivity index (χ0n) is 20.5. The molecule has 1 aliphatic heterocycles. The van der Waals surface area contributed by atoms with Gasteiger partial charge in [-0.15, -0.1) is 0 Å². The van der Waals surface area contributed by atoms with Gasteiger partial charge in [0.05, 0.1) is 5.56 Å². The summed E-state index contributed by atoms with van der Waals surface area (Å²) in [6.45, 7) is 10.2. The minimum Gasteiger partial charge on any atom is -0.381 e. The maximum Gasteiger partial charge on any atom is 0.253 e. The Morgan fingerprint density at radius 3 is 2.48 bits per heavy atom. The molecular weight excluding hydrogens is 476 g/mol. The smallest absolute Gasteiger partial charge is 0.253 e. The van der Waals surface area contributed by atoms with E-state index in [1.165, 1.54) is 30.4 Å². The second-order valence-electron chi connectivity index (χ2n) is 10.6. The van der Waals surface area contributed by atoms with E-state index < -0.39 is 0 Å². The van der Waals surface area contributed by atoms with E-state index in [4.69, 9.17) is 4.74 Å². The van der Waals surface area contributed by atoms with Crippen LogP contribution in [0.5, 0.6) is 0 Å². The van der Waals surface area contributed by atoms with E-state index in [0.717, 1.165) is 65.9 Å². The van der Waals surface area contributed by atoms with Gasteiger partial charge in [-0.05, 0) is 86.3 Å². The van der Waals surface area contributed by atoms with Crippen molar-refractivity contribution in [2.75, 3.05) is 13.2 Å². The lowest BCUT2D eigenvalue weighted by atomic mass is 9.87. The zero-order valence-corrected chi connectivity index (χ0v) is 22.1. The molecule has 0 spiro atoms. The van der Waals surface area contributed by atoms with Gasteiger partial charge in [-0.2, -0.15) is 0 Å². The number of rotatable bonds is 4. The molecule has 4 rings (SSSR count). The molecule has 1 aliphatic carbocycles. The lowest BCUT2D eigenvalue weighted by Crippen LogP contribution is -2.39. The summed E-state index contributed by atoms with van der Waals surface area (Å²) in [5.74, 6) is 0.0208. The molecule has 0 radical (unpaired) electrons. The molecule has 2 fully saturated rings. The van der Waals surface area contributed by atoms with Gasteiger partial charge in [-0.3, -0.25) is 4.79 Å². The molecule has 1 N–H and O–H groups in total. The van der Waals surface area contributed by atoms with Crippen LogP contribution in [0.25, 0.3) is 11.8 Å². The molecule has 178 valence electrons. The second-order valence-corrected chi connectivity index (χ2v) is 11.5. The summed E-state index contributed by atoms with van der Waals surface area (Å²) in [7, 11) is 0. The average Bonchev–Trinajstić information content (AvgIpc) is 3.10. The zero-order chi connectivity index (χ0) is 23.6. The molecule has 0 unspecified atom stereocenters. The fourth-order valence-electron chi connectivity index (χ4n) is 4.83. The minimum atomic E-state index is 0.0208. The van der Waals surface area contributed by atoms with Crippen molar-refractivity contribution in [1.82, 2.24) is 9.88 Å². The van der Waals surface area contributed by atoms with Gasteiger partial charge >= 0.3 is 0 Å². The van der Waals surface area contributed by atoms with Crippen molar-refractivity contribution in [3.8, 4) is 5.69 Å². The molecule has 0 bridgehead atoms. The molecule has 1 aromatic heterocycles. The first-order chi connectivity index (χ1) is 15.7. The number of halogens is 1. The summed E-state index contributed by atoms with van der Waals surface area (Å²) in [4.78, 5) is 13.3. The Morgan fingerprint density at radius 1 is 1.12 bits per heavy atom. The Balaban J connectivity index is 1.77. The van der Waals surface area contributed by atoms with Crippen LogP contribution >= 0.6 is 15.9 Å². The first-order valence-corrected chi connectivity index (χ1v) is 13.1. The van der Waals surface area contributed by atoms with Gasteiger partial charge in [0.2, 0.25) is 0 Å². The number of allylic oxidation sites excluding steroid dienone is 1. The lowest BCUT2D eigenvalue weighted by Gasteiger charge is -2.23. The molecule has 4 nitrogen and oxygen atoms in total. The summed E-state index contributed by atoms with van der Waals surface area (Å²) in [6.07, 6.45) is 12.3. The number of carbonyl (C=O) groups is 1. The maximum absolute atomic E-state index is 13.3. The quantitative estimate of drug-likeness (QED) is 0.474. The van der Waals surface area contributed by atoms with Crippen LogP contribution < -0.4 is 5.32 Å². The summed E-state index contributed by atoms with van der Waals surface area (Å²) >= 11 is 3.73. The summed E-state index contributed by atoms with van der Waals surface area (Å²) in [6, 6.07) is 6.79. The van der Waals surface area contributed by atoms with E-state index in [-0.39, 0.29) is 17.4 Å². The van der Waals surface area contributed by atoms with Gasteiger partial charge in [0.15, 0.2) is 0 Å². The SMILES string of the molecule is Cc1c(C(=O)NC2CCOCC2)cn(-c2cc(Br)cc(C(C)(C)C)c2)c1C=C1CCCCC1. The topological polar surface area (TPSA) is 43.3 Å². The van der Waals surface area contributed by atoms with E-state index in [2.05, 4.69) is 77.8 Å². The molecule has 2 heterocycles. The molecule has 5 heteroatoms. The van der Waals surface area contributed by atoms with Crippen molar-refractivity contribution >= 4 is 27.9 Å². The predicted molar refractivity (Wildman–Crippen MR) is 139 cm³/mol. The first kappa shape index (κ1) is 24.3. The van der Waals surface area contributed by atoms with E-state index >= 15 is 0 Å². The van der Waals surface area contributed by atoms with Crippen molar-refractivity contribution in [2.24, 2.45) is 0 Å². The standard InChI is InChI=1S/C28H37BrN2O2/c1-19-25(27(32)30-23-10-12-33-13-11-23)18-31(26(19)14-20-8-6-5-7-9-20)24-16-21(28(2,3)4)15-22(29)17-24/h14-18,23H,5-13H2,1-4H3,(H,30,32). The number of amides is 1. The molecule has 1 aromatic carbocycles. The highest BCUT2D eigenvalue weighted by Gasteiger charge is 2.23. The monoisotopic (exact) mass is 512 g/mol. The van der Waals surface area contributed by atoms with Crippen LogP contribution in [-0.2, 0) is 10.2 Å². The van der Waals surface area contributed by atoms with Crippen LogP contribution in [0.15, 0.2) is 34.4 Å². The Hall–Kier alpha value is -1.85. The van der Waals surface area contributed by atoms with Crippen LogP contribution in [0.1, 0.15) is 92.9 Å². The van der Waals surface area contributed by atoms with Crippen molar-refractivity contribution in [3.05, 3.63) is 56.8 Å². The molecule has 0 atom stereocenters. The Morgan fingerprint density at radius 2 is 1.82 bits per heavy atom. The Labute approximate surface area is 206 Å². The molecule has 33 heavy (non-hydrogen) atoms. The molecular formula is C28H37BrN2O2. The van der Waals surface area contributed by atoms with Crippen LogP contribution in [0, 0.1) is 6.92 Å². The van der Waals surface area contributed by atoms with Crippen molar-refractivity contribution < 1.29 is 9.53 Å². The highest BCUT2D eigenvalue weighted by molar-refractivity contribution is 9.10. The Bertz CT molecular complexity index is 1030.